The molecule has 2 rings (SSSR count). The van der Waals surface area contributed by atoms with Gasteiger partial charge in [0.1, 0.15) is 17.0 Å². The number of aryl methyl sites for hydroxylation is 2. The van der Waals surface area contributed by atoms with Gasteiger partial charge in [-0.25, -0.2) is 4.98 Å². The van der Waals surface area contributed by atoms with Crippen LogP contribution in [0.4, 0.5) is 0 Å². The molecule has 0 atom stereocenters. The average molecular weight is 243 g/mol. The average Bonchev–Trinajstić information content (AvgIpc) is 2.33. The van der Waals surface area contributed by atoms with E-state index in [1.54, 1.807) is 14.0 Å². The summed E-state index contributed by atoms with van der Waals surface area (Å²) in [5.74, 6) is 0.929. The summed E-state index contributed by atoms with van der Waals surface area (Å²) in [6.45, 7) is 5.58. The molecule has 0 fully saturated rings. The van der Waals surface area contributed by atoms with Gasteiger partial charge < -0.3 is 4.74 Å². The Bertz CT molecular complexity index is 617. The third-order valence-corrected chi connectivity index (χ3v) is 3.22. The SMILES string of the molecule is COc1cccc2c(C)c(CC(C)=O)c(C)nc12. The van der Waals surface area contributed by atoms with Gasteiger partial charge in [0.25, 0.3) is 0 Å². The van der Waals surface area contributed by atoms with E-state index >= 15 is 0 Å². The van der Waals surface area contributed by atoms with E-state index in [1.807, 2.05) is 32.0 Å². The van der Waals surface area contributed by atoms with Gasteiger partial charge >= 0.3 is 0 Å². The van der Waals surface area contributed by atoms with Gasteiger partial charge in [0.05, 0.1) is 7.11 Å². The molecule has 0 radical (unpaired) electrons. The van der Waals surface area contributed by atoms with Crippen molar-refractivity contribution in [2.75, 3.05) is 7.11 Å². The molecule has 1 heterocycles. The highest BCUT2D eigenvalue weighted by Crippen LogP contribution is 2.29. The number of rotatable bonds is 3. The molecule has 0 saturated carbocycles. The maximum absolute atomic E-state index is 11.3. The molecule has 0 spiro atoms. The second kappa shape index (κ2) is 4.77. The first-order valence-electron chi connectivity index (χ1n) is 5.96. The number of ether oxygens (including phenoxy) is 1. The fourth-order valence-electron chi connectivity index (χ4n) is 2.28. The molecule has 0 aliphatic rings. The van der Waals surface area contributed by atoms with Crippen molar-refractivity contribution < 1.29 is 9.53 Å². The predicted octanol–water partition coefficient (Wildman–Crippen LogP) is 2.99. The number of nitrogens with zero attached hydrogens (tertiary/aromatic N) is 1. The van der Waals surface area contributed by atoms with Crippen molar-refractivity contribution in [1.29, 1.82) is 0 Å². The van der Waals surface area contributed by atoms with E-state index in [9.17, 15) is 4.79 Å². The van der Waals surface area contributed by atoms with Crippen molar-refractivity contribution in [2.24, 2.45) is 0 Å². The monoisotopic (exact) mass is 243 g/mol. The molecular formula is C15H17NO2. The molecule has 0 amide bonds. The van der Waals surface area contributed by atoms with E-state index in [2.05, 4.69) is 4.98 Å². The number of pyridine rings is 1. The summed E-state index contributed by atoms with van der Waals surface area (Å²) in [6.07, 6.45) is 0.442. The Balaban J connectivity index is 2.74. The second-order valence-corrected chi connectivity index (χ2v) is 4.54. The Kier molecular flexibility index (Phi) is 3.32. The van der Waals surface area contributed by atoms with Crippen LogP contribution in [-0.4, -0.2) is 17.9 Å². The Morgan fingerprint density at radius 3 is 2.67 bits per heavy atom. The van der Waals surface area contributed by atoms with Crippen molar-refractivity contribution in [1.82, 2.24) is 4.98 Å². The lowest BCUT2D eigenvalue weighted by Gasteiger charge is -2.13. The summed E-state index contributed by atoms with van der Waals surface area (Å²) in [7, 11) is 1.64. The third-order valence-electron chi connectivity index (χ3n) is 3.22. The fraction of sp³-hybridized carbons (Fsp3) is 0.333. The summed E-state index contributed by atoms with van der Waals surface area (Å²) < 4.78 is 5.33. The highest BCUT2D eigenvalue weighted by molar-refractivity contribution is 5.90. The summed E-state index contributed by atoms with van der Waals surface area (Å²) in [5.41, 5.74) is 3.91. The highest BCUT2D eigenvalue weighted by Gasteiger charge is 2.13. The minimum absolute atomic E-state index is 0.158. The molecule has 2 aromatic rings. The molecule has 0 saturated heterocycles. The van der Waals surface area contributed by atoms with Gasteiger partial charge in [-0.2, -0.15) is 0 Å². The number of hydrogen-bond donors (Lipinski definition) is 0. The van der Waals surface area contributed by atoms with Crippen LogP contribution in [0.3, 0.4) is 0 Å². The molecule has 0 bridgehead atoms. The number of aromatic nitrogens is 1. The third kappa shape index (κ3) is 2.08. The Hall–Kier alpha value is -1.90. The van der Waals surface area contributed by atoms with Crippen LogP contribution in [0, 0.1) is 13.8 Å². The van der Waals surface area contributed by atoms with Crippen molar-refractivity contribution in [3.63, 3.8) is 0 Å². The van der Waals surface area contributed by atoms with Gasteiger partial charge in [-0.3, -0.25) is 4.79 Å². The Morgan fingerprint density at radius 2 is 2.06 bits per heavy atom. The van der Waals surface area contributed by atoms with Gasteiger partial charge in [0.2, 0.25) is 0 Å². The van der Waals surface area contributed by atoms with E-state index in [1.165, 1.54) is 0 Å². The number of fused-ring (bicyclic) bond motifs is 1. The zero-order valence-corrected chi connectivity index (χ0v) is 11.2. The molecule has 3 heteroatoms. The van der Waals surface area contributed by atoms with Crippen LogP contribution in [0.25, 0.3) is 10.9 Å². The predicted molar refractivity (Wildman–Crippen MR) is 72.2 cm³/mol. The van der Waals surface area contributed by atoms with Crippen LogP contribution in [0.15, 0.2) is 18.2 Å². The smallest absolute Gasteiger partial charge is 0.145 e. The topological polar surface area (TPSA) is 39.2 Å². The fourth-order valence-corrected chi connectivity index (χ4v) is 2.28. The van der Waals surface area contributed by atoms with Crippen molar-refractivity contribution in [3.05, 3.63) is 35.0 Å². The van der Waals surface area contributed by atoms with Crippen molar-refractivity contribution >= 4 is 16.7 Å². The standard InChI is InChI=1S/C15H17NO2/c1-9(17)8-13-10(2)12-6-5-7-14(18-4)15(12)16-11(13)3/h5-7H,8H2,1-4H3. The van der Waals surface area contributed by atoms with Gasteiger partial charge in [-0.15, -0.1) is 0 Å². The zero-order chi connectivity index (χ0) is 13.3. The lowest BCUT2D eigenvalue weighted by Crippen LogP contribution is -2.04. The minimum Gasteiger partial charge on any atom is -0.494 e. The number of ketones is 1. The summed E-state index contributed by atoms with van der Waals surface area (Å²) >= 11 is 0. The molecule has 0 aliphatic carbocycles. The van der Waals surface area contributed by atoms with Crippen LogP contribution >= 0.6 is 0 Å². The Morgan fingerprint density at radius 1 is 1.33 bits per heavy atom. The summed E-state index contributed by atoms with van der Waals surface area (Å²) in [6, 6.07) is 5.87. The minimum atomic E-state index is 0.158. The van der Waals surface area contributed by atoms with Crippen LogP contribution in [0.1, 0.15) is 23.7 Å². The van der Waals surface area contributed by atoms with E-state index in [0.29, 0.717) is 6.42 Å². The quantitative estimate of drug-likeness (QED) is 0.832. The molecule has 94 valence electrons. The number of para-hydroxylation sites is 1. The highest BCUT2D eigenvalue weighted by atomic mass is 16.5. The van der Waals surface area contributed by atoms with Gasteiger partial charge in [-0.1, -0.05) is 12.1 Å². The van der Waals surface area contributed by atoms with Gasteiger partial charge in [-0.05, 0) is 38.0 Å². The largest absolute Gasteiger partial charge is 0.494 e. The Labute approximate surface area is 107 Å². The van der Waals surface area contributed by atoms with E-state index < -0.39 is 0 Å². The zero-order valence-electron chi connectivity index (χ0n) is 11.2. The van der Waals surface area contributed by atoms with Crippen LogP contribution in [0.2, 0.25) is 0 Å². The van der Waals surface area contributed by atoms with Gasteiger partial charge in [0.15, 0.2) is 0 Å². The molecule has 1 aromatic carbocycles. The first kappa shape index (κ1) is 12.6. The number of methoxy groups -OCH3 is 1. The molecule has 0 aliphatic heterocycles. The van der Waals surface area contributed by atoms with Crippen LogP contribution in [-0.2, 0) is 11.2 Å². The number of Topliss-reactive ketones (excluding diaryl/α,β-unsaturated/α-hetero) is 1. The molecular weight excluding hydrogens is 226 g/mol. The first-order valence-corrected chi connectivity index (χ1v) is 5.96. The van der Waals surface area contributed by atoms with Crippen molar-refractivity contribution in [3.8, 4) is 5.75 Å². The van der Waals surface area contributed by atoms with Crippen LogP contribution in [0.5, 0.6) is 5.75 Å². The maximum atomic E-state index is 11.3. The molecule has 3 nitrogen and oxygen atoms in total. The van der Waals surface area contributed by atoms with E-state index in [0.717, 1.165) is 33.5 Å². The maximum Gasteiger partial charge on any atom is 0.145 e. The number of carbonyl (C=O) groups excluding carboxylic acids is 1. The molecule has 0 unspecified atom stereocenters. The van der Waals surface area contributed by atoms with E-state index in [4.69, 9.17) is 4.74 Å². The molecule has 1 aromatic heterocycles. The molecule has 0 N–H and O–H groups in total. The normalized spacial score (nSPS) is 10.7. The second-order valence-electron chi connectivity index (χ2n) is 4.54. The number of carbonyl (C=O) groups is 1. The lowest BCUT2D eigenvalue weighted by atomic mass is 9.98. The van der Waals surface area contributed by atoms with Gasteiger partial charge in [0, 0.05) is 17.5 Å². The lowest BCUT2D eigenvalue weighted by molar-refractivity contribution is -0.116. The van der Waals surface area contributed by atoms with Crippen molar-refractivity contribution in [2.45, 2.75) is 27.2 Å². The first-order chi connectivity index (χ1) is 8.54. The van der Waals surface area contributed by atoms with Crippen LogP contribution < -0.4 is 4.74 Å². The molecule has 18 heavy (non-hydrogen) atoms. The summed E-state index contributed by atoms with van der Waals surface area (Å²) in [4.78, 5) is 15.9. The number of benzene rings is 1. The summed E-state index contributed by atoms with van der Waals surface area (Å²) in [5, 5.41) is 1.05. The number of hydrogen-bond acceptors (Lipinski definition) is 3. The van der Waals surface area contributed by atoms with E-state index in [-0.39, 0.29) is 5.78 Å².